The van der Waals surface area contributed by atoms with Crippen molar-refractivity contribution in [3.63, 3.8) is 0 Å². The number of ether oxygens (including phenoxy) is 1. The average molecular weight is 361 g/mol. The molecule has 0 bridgehead atoms. The molecule has 0 unspecified atom stereocenters. The first-order chi connectivity index (χ1) is 13.2. The minimum atomic E-state index is -0.287. The van der Waals surface area contributed by atoms with Crippen molar-refractivity contribution in [3.05, 3.63) is 90.3 Å². The molecular formula is C23H25N2O2+. The summed E-state index contributed by atoms with van der Waals surface area (Å²) >= 11 is 0. The van der Waals surface area contributed by atoms with Gasteiger partial charge < -0.3 is 10.1 Å². The number of aryl methyl sites for hydroxylation is 1. The first-order valence-electron chi connectivity index (χ1n) is 9.23. The topological polar surface area (TPSA) is 42.2 Å². The van der Waals surface area contributed by atoms with Crippen molar-refractivity contribution in [3.8, 4) is 5.75 Å². The molecule has 0 aliphatic heterocycles. The quantitative estimate of drug-likeness (QED) is 0.637. The summed E-state index contributed by atoms with van der Waals surface area (Å²) in [6.45, 7) is 4.52. The van der Waals surface area contributed by atoms with Gasteiger partial charge in [0, 0.05) is 24.7 Å². The molecule has 0 radical (unpaired) electrons. The lowest BCUT2D eigenvalue weighted by molar-refractivity contribution is -0.705. The number of rotatable bonds is 7. The fourth-order valence-corrected chi connectivity index (χ4v) is 2.72. The van der Waals surface area contributed by atoms with Crippen LogP contribution in [0.15, 0.2) is 79.1 Å². The third kappa shape index (κ3) is 5.17. The first-order valence-corrected chi connectivity index (χ1v) is 9.23. The molecule has 1 aromatic heterocycles. The zero-order valence-electron chi connectivity index (χ0n) is 15.8. The summed E-state index contributed by atoms with van der Waals surface area (Å²) in [7, 11) is 0. The van der Waals surface area contributed by atoms with E-state index in [1.165, 1.54) is 5.56 Å². The second-order valence-corrected chi connectivity index (χ2v) is 6.47. The van der Waals surface area contributed by atoms with E-state index in [0.717, 1.165) is 23.4 Å². The van der Waals surface area contributed by atoms with Crippen LogP contribution < -0.4 is 14.6 Å². The van der Waals surface area contributed by atoms with E-state index in [0.29, 0.717) is 6.61 Å². The van der Waals surface area contributed by atoms with Gasteiger partial charge in [-0.3, -0.25) is 4.79 Å². The van der Waals surface area contributed by atoms with Gasteiger partial charge in [0.05, 0.1) is 0 Å². The fourth-order valence-electron chi connectivity index (χ4n) is 2.72. The van der Waals surface area contributed by atoms with Gasteiger partial charge in [0.2, 0.25) is 6.04 Å². The van der Waals surface area contributed by atoms with Crippen LogP contribution in [-0.4, -0.2) is 5.91 Å². The highest BCUT2D eigenvalue weighted by atomic mass is 16.5. The lowest BCUT2D eigenvalue weighted by Gasteiger charge is -2.10. The standard InChI is InChI=1S/C23H24N2O2/c1-3-19-13-15-25(16-14-19)18(2)23(26)24-21-9-11-22(12-10-21)27-17-20-7-5-4-6-8-20/h4-16,18H,3,17H2,1-2H3/p+1/t18-/m0/s1. The third-order valence-electron chi connectivity index (χ3n) is 4.53. The number of anilines is 1. The highest BCUT2D eigenvalue weighted by molar-refractivity contribution is 5.92. The maximum atomic E-state index is 12.5. The predicted octanol–water partition coefficient (Wildman–Crippen LogP) is 4.32. The van der Waals surface area contributed by atoms with Crippen LogP contribution in [-0.2, 0) is 17.8 Å². The minimum Gasteiger partial charge on any atom is -0.489 e. The number of benzene rings is 2. The zero-order chi connectivity index (χ0) is 19.1. The number of hydrogen-bond acceptors (Lipinski definition) is 2. The minimum absolute atomic E-state index is 0.0535. The first kappa shape index (κ1) is 18.6. The Morgan fingerprint density at radius 1 is 0.963 bits per heavy atom. The molecule has 3 aromatic rings. The molecule has 0 aliphatic rings. The molecule has 2 aromatic carbocycles. The van der Waals surface area contributed by atoms with Gasteiger partial charge in [-0.05, 0) is 41.8 Å². The number of nitrogens with one attached hydrogen (secondary N) is 1. The Hall–Kier alpha value is -3.14. The van der Waals surface area contributed by atoms with E-state index in [1.807, 2.05) is 90.6 Å². The van der Waals surface area contributed by atoms with E-state index in [-0.39, 0.29) is 11.9 Å². The van der Waals surface area contributed by atoms with Crippen molar-refractivity contribution >= 4 is 11.6 Å². The summed E-state index contributed by atoms with van der Waals surface area (Å²) in [5.74, 6) is 0.719. The maximum absolute atomic E-state index is 12.5. The number of aromatic nitrogens is 1. The molecule has 4 heteroatoms. The van der Waals surface area contributed by atoms with Crippen molar-refractivity contribution < 1.29 is 14.1 Å². The van der Waals surface area contributed by atoms with E-state index in [4.69, 9.17) is 4.74 Å². The molecule has 0 fully saturated rings. The van der Waals surface area contributed by atoms with Crippen LogP contribution in [0.2, 0.25) is 0 Å². The summed E-state index contributed by atoms with van der Waals surface area (Å²) in [6.07, 6.45) is 4.88. The monoisotopic (exact) mass is 361 g/mol. The molecular weight excluding hydrogens is 336 g/mol. The third-order valence-corrected chi connectivity index (χ3v) is 4.53. The Balaban J connectivity index is 1.55. The van der Waals surface area contributed by atoms with E-state index < -0.39 is 0 Å². The average Bonchev–Trinajstić information content (AvgIpc) is 2.73. The Bertz CT molecular complexity index is 859. The van der Waals surface area contributed by atoms with Crippen LogP contribution in [0.1, 0.15) is 31.0 Å². The van der Waals surface area contributed by atoms with Crippen LogP contribution >= 0.6 is 0 Å². The molecule has 0 aliphatic carbocycles. The molecule has 4 nitrogen and oxygen atoms in total. The summed E-state index contributed by atoms with van der Waals surface area (Å²) in [6, 6.07) is 21.3. The maximum Gasteiger partial charge on any atom is 0.293 e. The summed E-state index contributed by atoms with van der Waals surface area (Å²) < 4.78 is 7.68. The summed E-state index contributed by atoms with van der Waals surface area (Å²) in [5, 5.41) is 2.95. The van der Waals surface area contributed by atoms with Gasteiger partial charge in [-0.15, -0.1) is 0 Å². The van der Waals surface area contributed by atoms with E-state index in [2.05, 4.69) is 12.2 Å². The van der Waals surface area contributed by atoms with Gasteiger partial charge in [0.1, 0.15) is 12.4 Å². The second kappa shape index (κ2) is 8.99. The van der Waals surface area contributed by atoms with Crippen LogP contribution in [0.3, 0.4) is 0 Å². The van der Waals surface area contributed by atoms with Crippen molar-refractivity contribution in [1.29, 1.82) is 0 Å². The lowest BCUT2D eigenvalue weighted by Crippen LogP contribution is -2.44. The van der Waals surface area contributed by atoms with E-state index in [1.54, 1.807) is 0 Å². The lowest BCUT2D eigenvalue weighted by atomic mass is 10.2. The molecule has 0 saturated carbocycles. The number of nitrogens with zero attached hydrogens (tertiary/aromatic N) is 1. The Morgan fingerprint density at radius 2 is 1.63 bits per heavy atom. The molecule has 27 heavy (non-hydrogen) atoms. The molecule has 138 valence electrons. The molecule has 1 atom stereocenters. The zero-order valence-corrected chi connectivity index (χ0v) is 15.8. The molecule has 3 rings (SSSR count). The van der Waals surface area contributed by atoms with Crippen LogP contribution in [0.5, 0.6) is 5.75 Å². The Morgan fingerprint density at radius 3 is 2.26 bits per heavy atom. The molecule has 0 spiro atoms. The second-order valence-electron chi connectivity index (χ2n) is 6.47. The SMILES string of the molecule is CCc1cc[n+]([C@@H](C)C(=O)Nc2ccc(OCc3ccccc3)cc2)cc1. The van der Waals surface area contributed by atoms with Gasteiger partial charge in [0.15, 0.2) is 12.4 Å². The van der Waals surface area contributed by atoms with Crippen molar-refractivity contribution in [1.82, 2.24) is 0 Å². The number of pyridine rings is 1. The molecule has 1 amide bonds. The number of amides is 1. The van der Waals surface area contributed by atoms with Gasteiger partial charge >= 0.3 is 0 Å². The highest BCUT2D eigenvalue weighted by Crippen LogP contribution is 2.17. The van der Waals surface area contributed by atoms with Crippen molar-refractivity contribution in [2.75, 3.05) is 5.32 Å². The summed E-state index contributed by atoms with van der Waals surface area (Å²) in [5.41, 5.74) is 3.13. The number of carbonyl (C=O) groups is 1. The normalized spacial score (nSPS) is 11.6. The predicted molar refractivity (Wildman–Crippen MR) is 107 cm³/mol. The van der Waals surface area contributed by atoms with Gasteiger partial charge in [-0.25, -0.2) is 0 Å². The molecule has 0 saturated heterocycles. The Labute approximate surface area is 160 Å². The summed E-state index contributed by atoms with van der Waals surface area (Å²) in [4.78, 5) is 12.5. The van der Waals surface area contributed by atoms with Gasteiger partial charge in [-0.2, -0.15) is 4.57 Å². The van der Waals surface area contributed by atoms with E-state index >= 15 is 0 Å². The molecule has 1 N–H and O–H groups in total. The Kier molecular flexibility index (Phi) is 6.21. The molecule has 1 heterocycles. The van der Waals surface area contributed by atoms with Crippen LogP contribution in [0.25, 0.3) is 0 Å². The van der Waals surface area contributed by atoms with Gasteiger partial charge in [-0.1, -0.05) is 37.3 Å². The van der Waals surface area contributed by atoms with E-state index in [9.17, 15) is 4.79 Å². The van der Waals surface area contributed by atoms with Crippen molar-refractivity contribution in [2.45, 2.75) is 32.9 Å². The van der Waals surface area contributed by atoms with Gasteiger partial charge in [0.25, 0.3) is 5.91 Å². The number of hydrogen-bond donors (Lipinski definition) is 1. The van der Waals surface area contributed by atoms with Crippen LogP contribution in [0, 0.1) is 0 Å². The largest absolute Gasteiger partial charge is 0.489 e. The highest BCUT2D eigenvalue weighted by Gasteiger charge is 2.21. The van der Waals surface area contributed by atoms with Crippen LogP contribution in [0.4, 0.5) is 5.69 Å². The van der Waals surface area contributed by atoms with Crippen molar-refractivity contribution in [2.24, 2.45) is 0 Å². The smallest absolute Gasteiger partial charge is 0.293 e. The fraction of sp³-hybridized carbons (Fsp3) is 0.217. The number of carbonyl (C=O) groups excluding carboxylic acids is 1.